The van der Waals surface area contributed by atoms with E-state index in [1.54, 1.807) is 0 Å². The Labute approximate surface area is 169 Å². The summed E-state index contributed by atoms with van der Waals surface area (Å²) in [5.41, 5.74) is 0.411. The van der Waals surface area contributed by atoms with Gasteiger partial charge in [-0.05, 0) is 43.7 Å². The highest BCUT2D eigenvalue weighted by Crippen LogP contribution is 2.19. The predicted molar refractivity (Wildman–Crippen MR) is 113 cm³/mol. The summed E-state index contributed by atoms with van der Waals surface area (Å²) >= 11 is 5.96. The van der Waals surface area contributed by atoms with Crippen LogP contribution in [-0.4, -0.2) is 58.5 Å². The van der Waals surface area contributed by atoms with Crippen LogP contribution in [0.15, 0.2) is 33.9 Å². The van der Waals surface area contributed by atoms with Crippen molar-refractivity contribution >= 4 is 23.1 Å². The molecule has 152 valence electrons. The van der Waals surface area contributed by atoms with Crippen molar-refractivity contribution in [3.63, 3.8) is 0 Å². The Kier molecular flexibility index (Phi) is 6.74. The maximum absolute atomic E-state index is 12.0. The fourth-order valence-corrected chi connectivity index (χ4v) is 3.48. The second-order valence-electron chi connectivity index (χ2n) is 7.06. The largest absolute Gasteiger partial charge is 0.369 e. The van der Waals surface area contributed by atoms with E-state index in [-0.39, 0.29) is 11.4 Å². The highest BCUT2D eigenvalue weighted by atomic mass is 35.5. The average Bonchev–Trinajstić information content (AvgIpc) is 2.71. The van der Waals surface area contributed by atoms with Crippen LogP contribution in [-0.2, 0) is 14.1 Å². The molecule has 0 bridgehead atoms. The molecule has 28 heavy (non-hydrogen) atoms. The van der Waals surface area contributed by atoms with Crippen molar-refractivity contribution < 1.29 is 0 Å². The minimum atomic E-state index is -0.423. The van der Waals surface area contributed by atoms with Crippen LogP contribution in [0.25, 0.3) is 0 Å². The molecule has 1 aromatic heterocycles. The van der Waals surface area contributed by atoms with E-state index < -0.39 is 5.69 Å². The van der Waals surface area contributed by atoms with Gasteiger partial charge in [-0.1, -0.05) is 11.6 Å². The molecule has 0 spiro atoms. The van der Waals surface area contributed by atoms with Crippen molar-refractivity contribution in [1.82, 2.24) is 19.2 Å². The highest BCUT2D eigenvalue weighted by molar-refractivity contribution is 6.30. The fraction of sp³-hybridized carbons (Fsp3) is 0.526. The molecule has 1 aliphatic rings. The Hall–Kier alpha value is -2.32. The van der Waals surface area contributed by atoms with Crippen molar-refractivity contribution in [3.8, 4) is 0 Å². The van der Waals surface area contributed by atoms with Gasteiger partial charge >= 0.3 is 5.69 Å². The van der Waals surface area contributed by atoms with E-state index in [1.165, 1.54) is 24.5 Å². The molecule has 1 aromatic carbocycles. The van der Waals surface area contributed by atoms with Gasteiger partial charge in [0.1, 0.15) is 0 Å². The molecule has 1 N–H and O–H groups in total. The Bertz CT molecular complexity index is 900. The van der Waals surface area contributed by atoms with Crippen LogP contribution in [0, 0.1) is 0 Å². The molecule has 0 saturated carbocycles. The van der Waals surface area contributed by atoms with E-state index in [0.29, 0.717) is 6.54 Å². The molecule has 0 amide bonds. The van der Waals surface area contributed by atoms with Gasteiger partial charge in [-0.3, -0.25) is 14.3 Å². The summed E-state index contributed by atoms with van der Waals surface area (Å²) in [5, 5.41) is 7.82. The average molecular weight is 407 g/mol. The molecular weight excluding hydrogens is 380 g/mol. The van der Waals surface area contributed by atoms with E-state index in [4.69, 9.17) is 11.6 Å². The zero-order chi connectivity index (χ0) is 20.1. The molecular formula is C19H27ClN6O2. The lowest BCUT2D eigenvalue weighted by Crippen LogP contribution is -2.46. The Morgan fingerprint density at radius 2 is 1.71 bits per heavy atom. The first kappa shape index (κ1) is 20.4. The summed E-state index contributed by atoms with van der Waals surface area (Å²) in [7, 11) is 3.00. The topological polar surface area (TPSA) is 75.4 Å². The van der Waals surface area contributed by atoms with E-state index in [2.05, 4.69) is 32.3 Å². The molecule has 0 atom stereocenters. The number of anilines is 2. The summed E-state index contributed by atoms with van der Waals surface area (Å²) < 4.78 is 2.24. The standard InChI is InChI=1S/C19H27ClN6O2/c1-23-18(27)17(22-24(2)19(23)28)21-9-3-4-10-25-11-13-26(14-12-25)16-7-5-15(20)6-8-16/h5-8H,3-4,9-14H2,1-2H3,(H,21,22). The van der Waals surface area contributed by atoms with Gasteiger partial charge in [0.05, 0.1) is 0 Å². The monoisotopic (exact) mass is 406 g/mol. The Morgan fingerprint density at radius 3 is 2.39 bits per heavy atom. The van der Waals surface area contributed by atoms with Crippen LogP contribution in [0.2, 0.25) is 5.02 Å². The molecule has 0 unspecified atom stereocenters. The number of nitrogens with zero attached hydrogens (tertiary/aromatic N) is 5. The number of hydrogen-bond acceptors (Lipinski definition) is 6. The second-order valence-corrected chi connectivity index (χ2v) is 7.49. The lowest BCUT2D eigenvalue weighted by atomic mass is 10.2. The van der Waals surface area contributed by atoms with Gasteiger partial charge in [0.2, 0.25) is 5.82 Å². The van der Waals surface area contributed by atoms with Gasteiger partial charge in [0, 0.05) is 57.5 Å². The Balaban J connectivity index is 1.37. The van der Waals surface area contributed by atoms with E-state index >= 15 is 0 Å². The molecule has 0 aliphatic carbocycles. The summed E-state index contributed by atoms with van der Waals surface area (Å²) in [5.74, 6) is 0.223. The van der Waals surface area contributed by atoms with E-state index in [9.17, 15) is 9.59 Å². The SMILES string of the molecule is Cn1nc(NCCCCN2CCN(c3ccc(Cl)cc3)CC2)c(=O)n(C)c1=O. The van der Waals surface area contributed by atoms with Crippen LogP contribution in [0.4, 0.5) is 11.5 Å². The summed E-state index contributed by atoms with van der Waals surface area (Å²) in [6.07, 6.45) is 1.98. The minimum Gasteiger partial charge on any atom is -0.369 e. The smallest absolute Gasteiger partial charge is 0.346 e. The number of unbranched alkanes of at least 4 members (excludes halogenated alkanes) is 1. The predicted octanol–water partition coefficient (Wildman–Crippen LogP) is 1.15. The molecule has 9 heteroatoms. The number of rotatable bonds is 7. The molecule has 2 aromatic rings. The Morgan fingerprint density at radius 1 is 1.04 bits per heavy atom. The van der Waals surface area contributed by atoms with Crippen molar-refractivity contribution in [2.45, 2.75) is 12.8 Å². The molecule has 8 nitrogen and oxygen atoms in total. The third-order valence-electron chi connectivity index (χ3n) is 5.08. The molecule has 2 heterocycles. The van der Waals surface area contributed by atoms with Gasteiger partial charge in [0.15, 0.2) is 0 Å². The van der Waals surface area contributed by atoms with Gasteiger partial charge in [-0.15, -0.1) is 5.10 Å². The highest BCUT2D eigenvalue weighted by Gasteiger charge is 2.16. The third kappa shape index (κ3) is 4.94. The van der Waals surface area contributed by atoms with Gasteiger partial charge < -0.3 is 10.2 Å². The number of hydrogen-bond donors (Lipinski definition) is 1. The van der Waals surface area contributed by atoms with Crippen LogP contribution in [0.1, 0.15) is 12.8 Å². The normalized spacial score (nSPS) is 15.0. The zero-order valence-electron chi connectivity index (χ0n) is 16.4. The van der Waals surface area contributed by atoms with Gasteiger partial charge in [-0.25, -0.2) is 9.48 Å². The van der Waals surface area contributed by atoms with Crippen LogP contribution < -0.4 is 21.5 Å². The van der Waals surface area contributed by atoms with Crippen LogP contribution >= 0.6 is 11.6 Å². The number of benzene rings is 1. The van der Waals surface area contributed by atoms with Gasteiger partial charge in [0.25, 0.3) is 5.56 Å². The molecule has 1 fully saturated rings. The van der Waals surface area contributed by atoms with Crippen molar-refractivity contribution in [2.75, 3.05) is 49.5 Å². The van der Waals surface area contributed by atoms with E-state index in [0.717, 1.165) is 55.2 Å². The lowest BCUT2D eigenvalue weighted by Gasteiger charge is -2.36. The first-order valence-electron chi connectivity index (χ1n) is 9.57. The summed E-state index contributed by atoms with van der Waals surface area (Å²) in [4.78, 5) is 28.5. The molecule has 1 saturated heterocycles. The fourth-order valence-electron chi connectivity index (χ4n) is 3.36. The maximum atomic E-state index is 12.0. The maximum Gasteiger partial charge on any atom is 0.346 e. The van der Waals surface area contributed by atoms with E-state index in [1.807, 2.05) is 12.1 Å². The molecule has 0 radical (unpaired) electrons. The molecule has 3 rings (SSSR count). The lowest BCUT2D eigenvalue weighted by molar-refractivity contribution is 0.254. The zero-order valence-corrected chi connectivity index (χ0v) is 17.2. The number of aryl methyl sites for hydroxylation is 1. The summed E-state index contributed by atoms with van der Waals surface area (Å²) in [6, 6.07) is 8.01. The van der Waals surface area contributed by atoms with Crippen LogP contribution in [0.5, 0.6) is 0 Å². The molecule has 1 aliphatic heterocycles. The van der Waals surface area contributed by atoms with Crippen molar-refractivity contribution in [1.29, 1.82) is 0 Å². The quantitative estimate of drug-likeness (QED) is 0.695. The second kappa shape index (κ2) is 9.25. The number of halogens is 1. The minimum absolute atomic E-state index is 0.223. The first-order chi connectivity index (χ1) is 13.5. The number of nitrogens with one attached hydrogen (secondary N) is 1. The third-order valence-corrected chi connectivity index (χ3v) is 5.33. The summed E-state index contributed by atoms with van der Waals surface area (Å²) in [6.45, 7) is 5.80. The van der Waals surface area contributed by atoms with Crippen LogP contribution in [0.3, 0.4) is 0 Å². The number of aromatic nitrogens is 3. The van der Waals surface area contributed by atoms with Gasteiger partial charge in [-0.2, -0.15) is 0 Å². The number of piperazine rings is 1. The van der Waals surface area contributed by atoms with Crippen molar-refractivity contribution in [2.24, 2.45) is 14.1 Å². The van der Waals surface area contributed by atoms with Crippen molar-refractivity contribution in [3.05, 3.63) is 50.1 Å². The first-order valence-corrected chi connectivity index (χ1v) is 9.94.